The number of hydrogen-bond acceptors (Lipinski definition) is 5. The molecule has 0 unspecified atom stereocenters. The van der Waals surface area contributed by atoms with Gasteiger partial charge in [0.25, 0.3) is 0 Å². The lowest BCUT2D eigenvalue weighted by Gasteiger charge is -2.06. The van der Waals surface area contributed by atoms with Gasteiger partial charge in [-0.1, -0.05) is 62.7 Å². The number of nitrogens with zero attached hydrogens (tertiary/aromatic N) is 4. The molecular weight excluding hydrogens is 320 g/mol. The molecule has 0 bridgehead atoms. The maximum absolute atomic E-state index is 5.34. The van der Waals surface area contributed by atoms with Gasteiger partial charge in [-0.05, 0) is 18.6 Å². The normalized spacial score (nSPS) is 11.7. The Morgan fingerprint density at radius 1 is 1.17 bits per heavy atom. The Kier molecular flexibility index (Phi) is 5.56. The number of unbranched alkanes of at least 4 members (excludes halogenated alkanes) is 2. The number of aromatic nitrogens is 4. The van der Waals surface area contributed by atoms with Crippen LogP contribution >= 0.6 is 11.8 Å². The summed E-state index contributed by atoms with van der Waals surface area (Å²) in [5.41, 5.74) is 2.13. The number of fused-ring (bicyclic) bond motifs is 1. The van der Waals surface area contributed by atoms with Gasteiger partial charge in [0, 0.05) is 11.7 Å². The van der Waals surface area contributed by atoms with Gasteiger partial charge < -0.3 is 9.09 Å². The van der Waals surface area contributed by atoms with Crippen molar-refractivity contribution in [3.05, 3.63) is 36.0 Å². The predicted molar refractivity (Wildman–Crippen MR) is 97.5 cm³/mol. The van der Waals surface area contributed by atoms with E-state index in [4.69, 9.17) is 9.51 Å². The molecule has 1 aromatic carbocycles. The summed E-state index contributed by atoms with van der Waals surface area (Å²) in [4.78, 5) is 9.29. The molecule has 2 heterocycles. The maximum atomic E-state index is 5.34. The Morgan fingerprint density at radius 3 is 2.75 bits per heavy atom. The van der Waals surface area contributed by atoms with Crippen LogP contribution in [0.5, 0.6) is 0 Å². The van der Waals surface area contributed by atoms with Gasteiger partial charge in [-0.2, -0.15) is 4.98 Å². The van der Waals surface area contributed by atoms with E-state index in [9.17, 15) is 0 Å². The molecule has 0 amide bonds. The van der Waals surface area contributed by atoms with E-state index < -0.39 is 0 Å². The minimum Gasteiger partial charge on any atom is -0.339 e. The highest BCUT2D eigenvalue weighted by molar-refractivity contribution is 7.99. The number of para-hydroxylation sites is 2. The van der Waals surface area contributed by atoms with E-state index in [-0.39, 0.29) is 5.92 Å². The Bertz CT molecular complexity index is 793. The molecular formula is C18H24N4OS. The minimum absolute atomic E-state index is 0.244. The molecule has 128 valence electrons. The topological polar surface area (TPSA) is 56.7 Å². The molecule has 0 N–H and O–H groups in total. The Balaban J connectivity index is 1.85. The van der Waals surface area contributed by atoms with Crippen LogP contribution in [0.1, 0.15) is 57.7 Å². The number of rotatable bonds is 8. The van der Waals surface area contributed by atoms with Crippen molar-refractivity contribution in [3.8, 4) is 0 Å². The molecule has 0 aliphatic rings. The maximum Gasteiger partial charge on any atom is 0.229 e. The summed E-state index contributed by atoms with van der Waals surface area (Å²) in [6, 6.07) is 8.22. The van der Waals surface area contributed by atoms with Gasteiger partial charge in [0.15, 0.2) is 11.0 Å². The van der Waals surface area contributed by atoms with Gasteiger partial charge in [-0.15, -0.1) is 0 Å². The minimum atomic E-state index is 0.244. The summed E-state index contributed by atoms with van der Waals surface area (Å²) in [7, 11) is 0. The monoisotopic (exact) mass is 344 g/mol. The molecule has 3 rings (SSSR count). The highest BCUT2D eigenvalue weighted by atomic mass is 32.2. The van der Waals surface area contributed by atoms with Gasteiger partial charge in [-0.25, -0.2) is 4.98 Å². The largest absolute Gasteiger partial charge is 0.339 e. The summed E-state index contributed by atoms with van der Waals surface area (Å²) in [5.74, 6) is 2.72. The molecule has 0 aliphatic carbocycles. The molecule has 5 nitrogen and oxygen atoms in total. The summed E-state index contributed by atoms with van der Waals surface area (Å²) in [6.45, 7) is 6.92. The van der Waals surface area contributed by atoms with Gasteiger partial charge in [-0.3, -0.25) is 0 Å². The third-order valence-corrected chi connectivity index (χ3v) is 4.94. The van der Waals surface area contributed by atoms with Gasteiger partial charge in [0.2, 0.25) is 5.89 Å². The predicted octanol–water partition coefficient (Wildman–Crippen LogP) is 4.87. The quantitative estimate of drug-likeness (QED) is 0.431. The molecule has 24 heavy (non-hydrogen) atoms. The number of thioether (sulfide) groups is 1. The van der Waals surface area contributed by atoms with Gasteiger partial charge in [0.05, 0.1) is 17.6 Å². The lowest BCUT2D eigenvalue weighted by Crippen LogP contribution is -2.04. The van der Waals surface area contributed by atoms with E-state index in [1.165, 1.54) is 19.3 Å². The molecule has 6 heteroatoms. The zero-order valence-electron chi connectivity index (χ0n) is 14.5. The molecule has 0 radical (unpaired) electrons. The van der Waals surface area contributed by atoms with E-state index in [2.05, 4.69) is 47.6 Å². The van der Waals surface area contributed by atoms with Crippen LogP contribution < -0.4 is 0 Å². The molecule has 0 fully saturated rings. The van der Waals surface area contributed by atoms with Crippen molar-refractivity contribution in [1.82, 2.24) is 19.7 Å². The van der Waals surface area contributed by atoms with Crippen LogP contribution in [-0.2, 0) is 6.54 Å². The van der Waals surface area contributed by atoms with E-state index in [0.29, 0.717) is 18.3 Å². The average molecular weight is 344 g/mol. The fourth-order valence-electron chi connectivity index (χ4n) is 2.54. The summed E-state index contributed by atoms with van der Waals surface area (Å²) < 4.78 is 7.53. The Labute approximate surface area is 146 Å². The van der Waals surface area contributed by atoms with Crippen LogP contribution in [0.2, 0.25) is 0 Å². The van der Waals surface area contributed by atoms with Crippen molar-refractivity contribution in [2.75, 3.05) is 5.75 Å². The second kappa shape index (κ2) is 7.83. The summed E-state index contributed by atoms with van der Waals surface area (Å²) in [5, 5.41) is 5.16. The second-order valence-corrected chi connectivity index (χ2v) is 7.29. The van der Waals surface area contributed by atoms with Crippen LogP contribution in [0, 0.1) is 0 Å². The highest BCUT2D eigenvalue weighted by Crippen LogP contribution is 2.26. The van der Waals surface area contributed by atoms with Crippen LogP contribution in [0.3, 0.4) is 0 Å². The van der Waals surface area contributed by atoms with Crippen LogP contribution in [0.4, 0.5) is 0 Å². The lowest BCUT2D eigenvalue weighted by atomic mass is 10.2. The molecule has 2 aromatic heterocycles. The average Bonchev–Trinajstić information content (AvgIpc) is 3.18. The first kappa shape index (κ1) is 17.0. The van der Waals surface area contributed by atoms with Crippen molar-refractivity contribution < 1.29 is 4.52 Å². The van der Waals surface area contributed by atoms with Crippen molar-refractivity contribution in [2.45, 2.75) is 57.7 Å². The highest BCUT2D eigenvalue weighted by Gasteiger charge is 2.15. The van der Waals surface area contributed by atoms with Crippen molar-refractivity contribution in [3.63, 3.8) is 0 Å². The molecule has 0 spiro atoms. The van der Waals surface area contributed by atoms with Gasteiger partial charge in [0.1, 0.15) is 0 Å². The third kappa shape index (κ3) is 3.80. The first-order valence-corrected chi connectivity index (χ1v) is 9.58. The third-order valence-electron chi connectivity index (χ3n) is 3.88. The van der Waals surface area contributed by atoms with E-state index in [1.807, 2.05) is 23.9 Å². The van der Waals surface area contributed by atoms with E-state index in [1.54, 1.807) is 0 Å². The zero-order chi connectivity index (χ0) is 16.9. The first-order valence-electron chi connectivity index (χ1n) is 8.59. The second-order valence-electron chi connectivity index (χ2n) is 6.23. The number of benzene rings is 1. The Hall–Kier alpha value is -1.82. The van der Waals surface area contributed by atoms with Crippen molar-refractivity contribution in [1.29, 1.82) is 0 Å². The van der Waals surface area contributed by atoms with E-state index in [0.717, 1.165) is 21.9 Å². The standard InChI is InChI=1S/C18H24N4OS/c1-4-5-8-11-24-18-19-14-9-6-7-10-15(14)22(18)12-16-20-17(13(2)3)23-21-16/h6-7,9-10,13H,4-5,8,11-12H2,1-3H3. The summed E-state index contributed by atoms with van der Waals surface area (Å²) in [6.07, 6.45) is 3.71. The molecule has 0 atom stereocenters. The summed E-state index contributed by atoms with van der Waals surface area (Å²) >= 11 is 1.81. The molecule has 3 aromatic rings. The van der Waals surface area contributed by atoms with Crippen LogP contribution in [0.25, 0.3) is 11.0 Å². The van der Waals surface area contributed by atoms with Crippen molar-refractivity contribution >= 4 is 22.8 Å². The van der Waals surface area contributed by atoms with E-state index >= 15 is 0 Å². The molecule has 0 aliphatic heterocycles. The number of imidazole rings is 1. The van der Waals surface area contributed by atoms with Crippen molar-refractivity contribution in [2.24, 2.45) is 0 Å². The van der Waals surface area contributed by atoms with Crippen LogP contribution in [-0.4, -0.2) is 25.4 Å². The zero-order valence-corrected chi connectivity index (χ0v) is 15.3. The molecule has 0 saturated carbocycles. The fraction of sp³-hybridized carbons (Fsp3) is 0.500. The van der Waals surface area contributed by atoms with Gasteiger partial charge >= 0.3 is 0 Å². The SMILES string of the molecule is CCCCCSc1nc2ccccc2n1Cc1noc(C(C)C)n1. The fourth-order valence-corrected chi connectivity index (χ4v) is 3.55. The van der Waals surface area contributed by atoms with Crippen LogP contribution in [0.15, 0.2) is 33.9 Å². The first-order chi connectivity index (χ1) is 11.7. The smallest absolute Gasteiger partial charge is 0.229 e. The number of hydrogen-bond donors (Lipinski definition) is 0. The lowest BCUT2D eigenvalue weighted by molar-refractivity contribution is 0.359. The Morgan fingerprint density at radius 2 is 2.00 bits per heavy atom. The molecule has 0 saturated heterocycles.